The van der Waals surface area contributed by atoms with Crippen LogP contribution in [0.25, 0.3) is 11.4 Å². The van der Waals surface area contributed by atoms with Crippen molar-refractivity contribution in [1.29, 1.82) is 0 Å². The molecule has 0 bridgehead atoms. The molecule has 3 heterocycles. The summed E-state index contributed by atoms with van der Waals surface area (Å²) in [6.07, 6.45) is 1.34. The van der Waals surface area contributed by atoms with E-state index in [4.69, 9.17) is 9.72 Å². The third-order valence-corrected chi connectivity index (χ3v) is 4.99. The van der Waals surface area contributed by atoms with Gasteiger partial charge in [-0.15, -0.1) is 0 Å². The van der Waals surface area contributed by atoms with Crippen molar-refractivity contribution in [2.75, 3.05) is 13.7 Å². The number of amides is 1. The number of rotatable bonds is 4. The van der Waals surface area contributed by atoms with Crippen molar-refractivity contribution in [2.45, 2.75) is 26.3 Å². The molecule has 0 aliphatic carbocycles. The smallest absolute Gasteiger partial charge is 0.254 e. The highest BCUT2D eigenvalue weighted by molar-refractivity contribution is 5.94. The number of pyridine rings is 1. The van der Waals surface area contributed by atoms with E-state index >= 15 is 0 Å². The number of nitrogens with one attached hydrogen (secondary N) is 2. The maximum Gasteiger partial charge on any atom is 0.254 e. The van der Waals surface area contributed by atoms with E-state index in [1.807, 2.05) is 31.2 Å². The Kier molecular flexibility index (Phi) is 4.73. The molecule has 0 unspecified atom stereocenters. The van der Waals surface area contributed by atoms with Gasteiger partial charge >= 0.3 is 0 Å². The summed E-state index contributed by atoms with van der Waals surface area (Å²) in [5.74, 6) is 1.40. The van der Waals surface area contributed by atoms with E-state index < -0.39 is 0 Å². The molecule has 7 nitrogen and oxygen atoms in total. The number of methoxy groups -OCH3 is 1. The molecule has 2 aromatic heterocycles. The van der Waals surface area contributed by atoms with Crippen LogP contribution in [-0.4, -0.2) is 39.4 Å². The fraction of sp³-hybridized carbons (Fsp3) is 0.286. The predicted molar refractivity (Wildman–Crippen MR) is 105 cm³/mol. The van der Waals surface area contributed by atoms with E-state index in [0.717, 1.165) is 34.2 Å². The van der Waals surface area contributed by atoms with Crippen LogP contribution < -0.4 is 10.3 Å². The molecule has 0 saturated heterocycles. The lowest BCUT2D eigenvalue weighted by atomic mass is 10.1. The van der Waals surface area contributed by atoms with Gasteiger partial charge in [0.25, 0.3) is 5.91 Å². The lowest BCUT2D eigenvalue weighted by Crippen LogP contribution is -2.36. The molecule has 0 saturated carbocycles. The maximum absolute atomic E-state index is 12.9. The number of aromatic amines is 2. The standard InChI is InChI=1S/C21H22N4O3/c1-3-15-9-14(11-19(26)22-15)21(27)25-8-7-17-18(12-25)24-20(23-17)13-5-4-6-16(10-13)28-2/h4-6,9-11H,3,7-8,12H2,1-2H3,(H,22,26)(H,23,24). The molecule has 28 heavy (non-hydrogen) atoms. The van der Waals surface area contributed by atoms with Gasteiger partial charge in [-0.05, 0) is 24.6 Å². The van der Waals surface area contributed by atoms with Gasteiger partial charge in [-0.2, -0.15) is 0 Å². The van der Waals surface area contributed by atoms with Crippen LogP contribution in [0, 0.1) is 0 Å². The molecule has 0 atom stereocenters. The van der Waals surface area contributed by atoms with Gasteiger partial charge in [0, 0.05) is 35.9 Å². The van der Waals surface area contributed by atoms with Gasteiger partial charge in [0.1, 0.15) is 11.6 Å². The topological polar surface area (TPSA) is 91.1 Å². The van der Waals surface area contributed by atoms with Gasteiger partial charge in [0.2, 0.25) is 5.56 Å². The largest absolute Gasteiger partial charge is 0.497 e. The zero-order valence-electron chi connectivity index (χ0n) is 15.9. The maximum atomic E-state index is 12.9. The van der Waals surface area contributed by atoms with E-state index in [2.05, 4.69) is 9.97 Å². The number of nitrogens with zero attached hydrogens (tertiary/aromatic N) is 2. The van der Waals surface area contributed by atoms with Crippen LogP contribution in [0.15, 0.2) is 41.2 Å². The van der Waals surface area contributed by atoms with E-state index in [1.54, 1.807) is 18.1 Å². The van der Waals surface area contributed by atoms with E-state index in [9.17, 15) is 9.59 Å². The molecule has 0 fully saturated rings. The third kappa shape index (κ3) is 3.43. The van der Waals surface area contributed by atoms with Crippen molar-refractivity contribution in [3.63, 3.8) is 0 Å². The monoisotopic (exact) mass is 378 g/mol. The van der Waals surface area contributed by atoms with E-state index in [-0.39, 0.29) is 11.5 Å². The number of ether oxygens (including phenoxy) is 1. The molecule has 4 rings (SSSR count). The highest BCUT2D eigenvalue weighted by atomic mass is 16.5. The number of carbonyl (C=O) groups is 1. The van der Waals surface area contributed by atoms with Crippen LogP contribution in [0.3, 0.4) is 0 Å². The highest BCUT2D eigenvalue weighted by Crippen LogP contribution is 2.26. The second-order valence-electron chi connectivity index (χ2n) is 6.83. The van der Waals surface area contributed by atoms with Crippen molar-refractivity contribution >= 4 is 5.91 Å². The zero-order chi connectivity index (χ0) is 19.7. The molecule has 3 aromatic rings. The Morgan fingerprint density at radius 2 is 2.11 bits per heavy atom. The number of aryl methyl sites for hydroxylation is 1. The van der Waals surface area contributed by atoms with Crippen molar-refractivity contribution in [1.82, 2.24) is 19.9 Å². The minimum absolute atomic E-state index is 0.135. The van der Waals surface area contributed by atoms with Crippen molar-refractivity contribution in [2.24, 2.45) is 0 Å². The number of carbonyl (C=O) groups excluding carboxylic acids is 1. The summed E-state index contributed by atoms with van der Waals surface area (Å²) in [5.41, 5.74) is 3.78. The number of H-pyrrole nitrogens is 2. The second-order valence-corrected chi connectivity index (χ2v) is 6.83. The predicted octanol–water partition coefficient (Wildman–Crippen LogP) is 2.53. The average Bonchev–Trinajstić information content (AvgIpc) is 3.16. The van der Waals surface area contributed by atoms with Crippen LogP contribution in [-0.2, 0) is 19.4 Å². The van der Waals surface area contributed by atoms with Crippen molar-refractivity contribution in [3.05, 3.63) is 69.4 Å². The first-order chi connectivity index (χ1) is 13.6. The lowest BCUT2D eigenvalue weighted by Gasteiger charge is -2.26. The highest BCUT2D eigenvalue weighted by Gasteiger charge is 2.25. The van der Waals surface area contributed by atoms with Crippen molar-refractivity contribution in [3.8, 4) is 17.1 Å². The minimum atomic E-state index is -0.248. The molecule has 2 N–H and O–H groups in total. The summed E-state index contributed by atoms with van der Waals surface area (Å²) in [6, 6.07) is 10.8. The molecule has 1 aromatic carbocycles. The summed E-state index contributed by atoms with van der Waals surface area (Å²) in [6.45, 7) is 2.96. The minimum Gasteiger partial charge on any atom is -0.497 e. The van der Waals surface area contributed by atoms with Gasteiger partial charge in [-0.3, -0.25) is 9.59 Å². The number of fused-ring (bicyclic) bond motifs is 1. The Hall–Kier alpha value is -3.35. The Bertz CT molecular complexity index is 1080. The molecule has 144 valence electrons. The van der Waals surface area contributed by atoms with Crippen LogP contribution in [0.2, 0.25) is 0 Å². The van der Waals surface area contributed by atoms with Crippen LogP contribution in [0.5, 0.6) is 5.75 Å². The van der Waals surface area contributed by atoms with E-state index in [1.165, 1.54) is 6.07 Å². The normalized spacial score (nSPS) is 13.3. The number of hydrogen-bond acceptors (Lipinski definition) is 4. The summed E-state index contributed by atoms with van der Waals surface area (Å²) >= 11 is 0. The molecule has 1 aliphatic rings. The van der Waals surface area contributed by atoms with Gasteiger partial charge < -0.3 is 19.6 Å². The molecule has 0 radical (unpaired) electrons. The number of hydrogen-bond donors (Lipinski definition) is 2. The Balaban J connectivity index is 1.58. The summed E-state index contributed by atoms with van der Waals surface area (Å²) in [7, 11) is 1.63. The van der Waals surface area contributed by atoms with Gasteiger partial charge in [0.15, 0.2) is 0 Å². The van der Waals surface area contributed by atoms with Gasteiger partial charge in [-0.1, -0.05) is 19.1 Å². The van der Waals surface area contributed by atoms with Crippen LogP contribution in [0.1, 0.15) is 34.4 Å². The number of imidazole rings is 1. The average molecular weight is 378 g/mol. The molecule has 1 amide bonds. The first-order valence-electron chi connectivity index (χ1n) is 9.32. The first-order valence-corrected chi connectivity index (χ1v) is 9.32. The quantitative estimate of drug-likeness (QED) is 0.730. The van der Waals surface area contributed by atoms with Gasteiger partial charge in [0.05, 0.1) is 25.0 Å². The molecule has 1 aliphatic heterocycles. The fourth-order valence-corrected chi connectivity index (χ4v) is 3.47. The van der Waals surface area contributed by atoms with Gasteiger partial charge in [-0.25, -0.2) is 4.98 Å². The summed E-state index contributed by atoms with van der Waals surface area (Å²) < 4.78 is 5.28. The summed E-state index contributed by atoms with van der Waals surface area (Å²) in [4.78, 5) is 37.3. The SMILES string of the molecule is CCc1cc(C(=O)N2CCc3nc(-c4cccc(OC)c4)[nH]c3C2)cc(=O)[nH]1. The lowest BCUT2D eigenvalue weighted by molar-refractivity contribution is 0.0731. The van der Waals surface area contributed by atoms with E-state index in [0.29, 0.717) is 31.5 Å². The van der Waals surface area contributed by atoms with Crippen LogP contribution >= 0.6 is 0 Å². The molecular weight excluding hydrogens is 356 g/mol. The van der Waals surface area contributed by atoms with Crippen molar-refractivity contribution < 1.29 is 9.53 Å². The Morgan fingerprint density at radius 3 is 2.89 bits per heavy atom. The molecule has 7 heteroatoms. The Labute approximate surface area is 162 Å². The summed E-state index contributed by atoms with van der Waals surface area (Å²) in [5, 5.41) is 0. The van der Waals surface area contributed by atoms with Crippen LogP contribution in [0.4, 0.5) is 0 Å². The number of aromatic nitrogens is 3. The zero-order valence-corrected chi connectivity index (χ0v) is 15.9. The Morgan fingerprint density at radius 1 is 1.25 bits per heavy atom. The first kappa shape index (κ1) is 18.0. The third-order valence-electron chi connectivity index (χ3n) is 4.99. The fourth-order valence-electron chi connectivity index (χ4n) is 3.47. The molecule has 0 spiro atoms. The molecular formula is C21H22N4O3. The number of benzene rings is 1. The second kappa shape index (κ2) is 7.34.